The van der Waals surface area contributed by atoms with E-state index in [0.29, 0.717) is 0 Å². The lowest BCUT2D eigenvalue weighted by Crippen LogP contribution is -2.25. The minimum atomic E-state index is 0. The van der Waals surface area contributed by atoms with Gasteiger partial charge in [-0.3, -0.25) is 0 Å². The molecule has 1 heterocycles. The highest BCUT2D eigenvalue weighted by atomic mass is 35.5. The standard InChI is InChI=1S/C9H15NO.ClH/c1-9(2,3)8(10)7-4-5-11-6-7;/h4-6,8H,10H2,1-3H3;1H/t8-;/m0./s1. The lowest BCUT2D eigenvalue weighted by atomic mass is 9.84. The van der Waals surface area contributed by atoms with Crippen LogP contribution < -0.4 is 5.73 Å². The molecule has 0 unspecified atom stereocenters. The van der Waals surface area contributed by atoms with Gasteiger partial charge >= 0.3 is 0 Å². The van der Waals surface area contributed by atoms with E-state index in [4.69, 9.17) is 10.2 Å². The van der Waals surface area contributed by atoms with Gasteiger partial charge < -0.3 is 10.2 Å². The molecule has 0 amide bonds. The minimum Gasteiger partial charge on any atom is -0.472 e. The van der Waals surface area contributed by atoms with Crippen LogP contribution in [0.5, 0.6) is 0 Å². The SMILES string of the molecule is CC(C)(C)[C@@H](N)c1ccoc1.Cl. The van der Waals surface area contributed by atoms with Crippen LogP contribution in [0.2, 0.25) is 0 Å². The Morgan fingerprint density at radius 1 is 1.42 bits per heavy atom. The molecule has 3 heteroatoms. The maximum absolute atomic E-state index is 5.96. The Hall–Kier alpha value is -0.470. The summed E-state index contributed by atoms with van der Waals surface area (Å²) in [6.07, 6.45) is 3.36. The average Bonchev–Trinajstić information content (AvgIpc) is 2.34. The first-order valence-corrected chi connectivity index (χ1v) is 3.79. The minimum absolute atomic E-state index is 0. The Bertz CT molecular complexity index is 213. The van der Waals surface area contributed by atoms with Crippen molar-refractivity contribution < 1.29 is 4.42 Å². The van der Waals surface area contributed by atoms with Crippen molar-refractivity contribution in [2.45, 2.75) is 26.8 Å². The molecular weight excluding hydrogens is 174 g/mol. The predicted octanol–water partition coefficient (Wildman–Crippen LogP) is 2.75. The summed E-state index contributed by atoms with van der Waals surface area (Å²) in [7, 11) is 0. The van der Waals surface area contributed by atoms with E-state index >= 15 is 0 Å². The largest absolute Gasteiger partial charge is 0.472 e. The van der Waals surface area contributed by atoms with Gasteiger partial charge in [-0.15, -0.1) is 12.4 Å². The fourth-order valence-electron chi connectivity index (χ4n) is 0.952. The number of furan rings is 1. The molecule has 0 bridgehead atoms. The molecule has 1 atom stereocenters. The summed E-state index contributed by atoms with van der Waals surface area (Å²) < 4.78 is 4.95. The van der Waals surface area contributed by atoms with Crippen molar-refractivity contribution in [2.75, 3.05) is 0 Å². The van der Waals surface area contributed by atoms with E-state index in [1.165, 1.54) is 0 Å². The number of nitrogens with two attached hydrogens (primary N) is 1. The molecule has 0 aliphatic carbocycles. The van der Waals surface area contributed by atoms with Gasteiger partial charge in [-0.2, -0.15) is 0 Å². The maximum atomic E-state index is 5.96. The molecule has 0 fully saturated rings. The molecule has 1 rings (SSSR count). The van der Waals surface area contributed by atoms with Crippen molar-refractivity contribution in [3.63, 3.8) is 0 Å². The second-order valence-electron chi connectivity index (χ2n) is 3.90. The van der Waals surface area contributed by atoms with Crippen LogP contribution in [0, 0.1) is 5.41 Å². The Balaban J connectivity index is 0.00000121. The second-order valence-corrected chi connectivity index (χ2v) is 3.90. The van der Waals surface area contributed by atoms with Gasteiger partial charge in [-0.25, -0.2) is 0 Å². The van der Waals surface area contributed by atoms with E-state index in [1.54, 1.807) is 12.5 Å². The summed E-state index contributed by atoms with van der Waals surface area (Å²) in [4.78, 5) is 0. The fraction of sp³-hybridized carbons (Fsp3) is 0.556. The maximum Gasteiger partial charge on any atom is 0.0950 e. The molecule has 0 spiro atoms. The number of rotatable bonds is 1. The van der Waals surface area contributed by atoms with Crippen molar-refractivity contribution in [3.05, 3.63) is 24.2 Å². The average molecular weight is 190 g/mol. The molecule has 0 saturated heterocycles. The van der Waals surface area contributed by atoms with Crippen molar-refractivity contribution in [2.24, 2.45) is 11.1 Å². The fourth-order valence-corrected chi connectivity index (χ4v) is 0.952. The van der Waals surface area contributed by atoms with E-state index in [0.717, 1.165) is 5.56 Å². The molecular formula is C9H16ClNO. The van der Waals surface area contributed by atoms with Gasteiger partial charge in [0.15, 0.2) is 0 Å². The first-order chi connectivity index (χ1) is 5.02. The van der Waals surface area contributed by atoms with E-state index in [1.807, 2.05) is 6.07 Å². The molecule has 2 N–H and O–H groups in total. The molecule has 0 saturated carbocycles. The highest BCUT2D eigenvalue weighted by Gasteiger charge is 2.22. The molecule has 12 heavy (non-hydrogen) atoms. The van der Waals surface area contributed by atoms with Crippen LogP contribution in [0.3, 0.4) is 0 Å². The van der Waals surface area contributed by atoms with Crippen LogP contribution in [0.25, 0.3) is 0 Å². The lowest BCUT2D eigenvalue weighted by molar-refractivity contribution is 0.325. The van der Waals surface area contributed by atoms with Crippen molar-refractivity contribution in [1.82, 2.24) is 0 Å². The quantitative estimate of drug-likeness (QED) is 0.738. The van der Waals surface area contributed by atoms with Gasteiger partial charge in [-0.1, -0.05) is 20.8 Å². The molecule has 0 radical (unpaired) electrons. The van der Waals surface area contributed by atoms with Crippen LogP contribution in [0.1, 0.15) is 32.4 Å². The van der Waals surface area contributed by atoms with E-state index in [-0.39, 0.29) is 23.9 Å². The van der Waals surface area contributed by atoms with Gasteiger partial charge in [0.05, 0.1) is 12.5 Å². The van der Waals surface area contributed by atoms with Crippen LogP contribution in [0.15, 0.2) is 23.0 Å². The first-order valence-electron chi connectivity index (χ1n) is 3.79. The third-order valence-electron chi connectivity index (χ3n) is 1.84. The summed E-state index contributed by atoms with van der Waals surface area (Å²) in [5, 5.41) is 0. The lowest BCUT2D eigenvalue weighted by Gasteiger charge is -2.25. The zero-order chi connectivity index (χ0) is 8.48. The first kappa shape index (κ1) is 11.5. The molecule has 2 nitrogen and oxygen atoms in total. The van der Waals surface area contributed by atoms with Crippen molar-refractivity contribution in [3.8, 4) is 0 Å². The van der Waals surface area contributed by atoms with E-state index in [9.17, 15) is 0 Å². The van der Waals surface area contributed by atoms with Crippen molar-refractivity contribution >= 4 is 12.4 Å². The Morgan fingerprint density at radius 2 is 2.00 bits per heavy atom. The molecule has 0 aliphatic heterocycles. The monoisotopic (exact) mass is 189 g/mol. The third-order valence-corrected chi connectivity index (χ3v) is 1.84. The zero-order valence-electron chi connectivity index (χ0n) is 7.70. The number of hydrogen-bond acceptors (Lipinski definition) is 2. The molecule has 70 valence electrons. The van der Waals surface area contributed by atoms with E-state index < -0.39 is 0 Å². The second kappa shape index (κ2) is 3.97. The summed E-state index contributed by atoms with van der Waals surface area (Å²) in [5.41, 5.74) is 7.12. The van der Waals surface area contributed by atoms with Crippen LogP contribution in [-0.4, -0.2) is 0 Å². The molecule has 0 aromatic carbocycles. The smallest absolute Gasteiger partial charge is 0.0950 e. The molecule has 1 aromatic heterocycles. The highest BCUT2D eigenvalue weighted by Crippen LogP contribution is 2.30. The number of halogens is 1. The Morgan fingerprint density at radius 3 is 2.33 bits per heavy atom. The summed E-state index contributed by atoms with van der Waals surface area (Å²) in [6.45, 7) is 6.35. The van der Waals surface area contributed by atoms with Gasteiger partial charge in [0.1, 0.15) is 0 Å². The van der Waals surface area contributed by atoms with Crippen LogP contribution in [0.4, 0.5) is 0 Å². The van der Waals surface area contributed by atoms with Crippen LogP contribution >= 0.6 is 12.4 Å². The van der Waals surface area contributed by atoms with Gasteiger partial charge in [-0.05, 0) is 11.5 Å². The summed E-state index contributed by atoms with van der Waals surface area (Å²) in [5.74, 6) is 0. The summed E-state index contributed by atoms with van der Waals surface area (Å²) >= 11 is 0. The van der Waals surface area contributed by atoms with Crippen LogP contribution in [-0.2, 0) is 0 Å². The van der Waals surface area contributed by atoms with E-state index in [2.05, 4.69) is 20.8 Å². The molecule has 0 aliphatic rings. The van der Waals surface area contributed by atoms with Gasteiger partial charge in [0.25, 0.3) is 0 Å². The highest BCUT2D eigenvalue weighted by molar-refractivity contribution is 5.85. The van der Waals surface area contributed by atoms with Crippen molar-refractivity contribution in [1.29, 1.82) is 0 Å². The zero-order valence-corrected chi connectivity index (χ0v) is 8.52. The molecule has 1 aromatic rings. The van der Waals surface area contributed by atoms with Gasteiger partial charge in [0, 0.05) is 11.6 Å². The third kappa shape index (κ3) is 2.54. The topological polar surface area (TPSA) is 39.2 Å². The number of hydrogen-bond donors (Lipinski definition) is 1. The van der Waals surface area contributed by atoms with Gasteiger partial charge in [0.2, 0.25) is 0 Å². The predicted molar refractivity (Wildman–Crippen MR) is 52.3 cm³/mol. The Labute approximate surface area is 79.5 Å². The normalized spacial score (nSPS) is 13.7. The summed E-state index contributed by atoms with van der Waals surface area (Å²) in [6, 6.07) is 1.97. The Kier molecular flexibility index (Phi) is 3.81.